The van der Waals surface area contributed by atoms with Crippen molar-refractivity contribution in [3.8, 4) is 0 Å². The third kappa shape index (κ3) is 13.8. The number of amides is 1. The second kappa shape index (κ2) is 21.0. The van der Waals surface area contributed by atoms with E-state index in [1.54, 1.807) is 0 Å². The smallest absolute Gasteiger partial charge is 0.407 e. The Morgan fingerprint density at radius 2 is 1.42 bits per heavy atom. The summed E-state index contributed by atoms with van der Waals surface area (Å²) in [6, 6.07) is 10.4. The number of unbranched alkanes of at least 4 members (excludes halogenated alkanes) is 13. The van der Waals surface area contributed by atoms with Crippen LogP contribution < -0.4 is 5.32 Å². The molecule has 1 fully saturated rings. The van der Waals surface area contributed by atoms with Gasteiger partial charge in [-0.25, -0.2) is 4.79 Å². The fourth-order valence-corrected chi connectivity index (χ4v) is 6.78. The molecule has 5 nitrogen and oxygen atoms in total. The third-order valence-corrected chi connectivity index (χ3v) is 9.44. The van der Waals surface area contributed by atoms with Crippen molar-refractivity contribution in [3.63, 3.8) is 0 Å². The Labute approximate surface area is 265 Å². The minimum absolute atomic E-state index is 0.0507. The Morgan fingerprint density at radius 1 is 0.860 bits per heavy atom. The van der Waals surface area contributed by atoms with Gasteiger partial charge in [0.1, 0.15) is 12.2 Å². The van der Waals surface area contributed by atoms with Crippen LogP contribution in [0.4, 0.5) is 4.79 Å². The Hall–Kier alpha value is -1.85. The van der Waals surface area contributed by atoms with Crippen LogP contribution in [0.15, 0.2) is 42.5 Å². The minimum atomic E-state index is -0.320. The molecule has 1 aliphatic heterocycles. The van der Waals surface area contributed by atoms with Gasteiger partial charge in [-0.3, -0.25) is 4.84 Å². The first-order chi connectivity index (χ1) is 20.8. The number of carbonyl (C=O) groups is 1. The summed E-state index contributed by atoms with van der Waals surface area (Å²) in [5.41, 5.74) is 0.703. The van der Waals surface area contributed by atoms with E-state index >= 15 is 0 Å². The number of rotatable bonds is 22. The van der Waals surface area contributed by atoms with E-state index in [-0.39, 0.29) is 29.4 Å². The molecule has 2 unspecified atom stereocenters. The van der Waals surface area contributed by atoms with Crippen molar-refractivity contribution in [2.45, 2.75) is 180 Å². The summed E-state index contributed by atoms with van der Waals surface area (Å²) in [5, 5.41) is 5.17. The van der Waals surface area contributed by atoms with Crippen molar-refractivity contribution in [3.05, 3.63) is 48.0 Å². The third-order valence-electron chi connectivity index (χ3n) is 9.44. The maximum absolute atomic E-state index is 12.7. The van der Waals surface area contributed by atoms with Crippen LogP contribution in [0.5, 0.6) is 0 Å². The molecule has 1 aliphatic rings. The Kier molecular flexibility index (Phi) is 18.2. The fraction of sp³-hybridized carbons (Fsp3) is 0.763. The molecule has 2 atom stereocenters. The normalized spacial score (nSPS) is 19.0. The summed E-state index contributed by atoms with van der Waals surface area (Å²) in [4.78, 5) is 19.4. The number of carbonyl (C=O) groups excluding carboxylic acids is 1. The molecule has 0 saturated carbocycles. The average Bonchev–Trinajstić information content (AvgIpc) is 3.00. The summed E-state index contributed by atoms with van der Waals surface area (Å²) in [6.07, 6.45) is 26.1. The molecule has 246 valence electrons. The first-order valence-corrected chi connectivity index (χ1v) is 17.9. The minimum Gasteiger partial charge on any atom is -0.446 e. The van der Waals surface area contributed by atoms with Crippen molar-refractivity contribution in [1.29, 1.82) is 0 Å². The summed E-state index contributed by atoms with van der Waals surface area (Å²) in [6.45, 7) is 13.8. The highest BCUT2D eigenvalue weighted by atomic mass is 16.7. The molecule has 1 aromatic rings. The molecule has 0 bridgehead atoms. The molecule has 1 N–H and O–H groups in total. The van der Waals surface area contributed by atoms with Gasteiger partial charge >= 0.3 is 6.09 Å². The molecule has 2 rings (SSSR count). The van der Waals surface area contributed by atoms with E-state index in [0.717, 1.165) is 32.1 Å². The quantitative estimate of drug-likeness (QED) is 0.107. The number of alkyl carbamates (subject to hydrolysis) is 1. The molecule has 43 heavy (non-hydrogen) atoms. The first kappa shape index (κ1) is 37.3. The standard InChI is InChI=1S/C38H66N2O3/c1-7-10-11-12-13-14-15-16-17-18-19-20-21-22-23-27-30-39-36(41)42-35-31-37(5,6)40(38(8-2,9-3)32-35)43-33(4)34-28-25-24-26-29-34/h23-29,33,35H,7-22,30-32H2,1-6H3,(H,39,41). The van der Waals surface area contributed by atoms with Crippen molar-refractivity contribution in [2.75, 3.05) is 6.54 Å². The molecule has 1 aromatic carbocycles. The topological polar surface area (TPSA) is 50.8 Å². The lowest BCUT2D eigenvalue weighted by atomic mass is 9.75. The highest BCUT2D eigenvalue weighted by Crippen LogP contribution is 2.45. The van der Waals surface area contributed by atoms with Gasteiger partial charge in [0.05, 0.1) is 0 Å². The Bertz CT molecular complexity index is 880. The predicted octanol–water partition coefficient (Wildman–Crippen LogP) is 11.2. The lowest BCUT2D eigenvalue weighted by Gasteiger charge is -2.56. The van der Waals surface area contributed by atoms with Gasteiger partial charge in [-0.2, -0.15) is 5.06 Å². The molecule has 1 heterocycles. The number of hydrogen-bond donors (Lipinski definition) is 1. The number of nitrogens with one attached hydrogen (secondary N) is 1. The molecule has 0 aliphatic carbocycles. The summed E-state index contributed by atoms with van der Waals surface area (Å²) in [5.74, 6) is 0. The molecule has 0 radical (unpaired) electrons. The lowest BCUT2D eigenvalue weighted by molar-refractivity contribution is -0.322. The molecule has 5 heteroatoms. The number of hydrogen-bond acceptors (Lipinski definition) is 4. The molecule has 1 amide bonds. The van der Waals surface area contributed by atoms with E-state index < -0.39 is 0 Å². The molecule has 0 spiro atoms. The van der Waals surface area contributed by atoms with Crippen molar-refractivity contribution < 1.29 is 14.4 Å². The maximum Gasteiger partial charge on any atom is 0.407 e. The van der Waals surface area contributed by atoms with Crippen LogP contribution >= 0.6 is 0 Å². The van der Waals surface area contributed by atoms with Crippen LogP contribution in [0.1, 0.15) is 169 Å². The van der Waals surface area contributed by atoms with E-state index in [1.165, 1.54) is 89.0 Å². The van der Waals surface area contributed by atoms with Gasteiger partial charge in [-0.05, 0) is 52.0 Å². The zero-order chi connectivity index (χ0) is 31.4. The van der Waals surface area contributed by atoms with Crippen LogP contribution in [0, 0.1) is 0 Å². The van der Waals surface area contributed by atoms with Gasteiger partial charge in [0, 0.05) is 30.5 Å². The lowest BCUT2D eigenvalue weighted by Crippen LogP contribution is -2.64. The van der Waals surface area contributed by atoms with E-state index in [0.29, 0.717) is 6.54 Å². The van der Waals surface area contributed by atoms with Gasteiger partial charge in [0.25, 0.3) is 0 Å². The number of nitrogens with zero attached hydrogens (tertiary/aromatic N) is 1. The van der Waals surface area contributed by atoms with Gasteiger partial charge in [0.15, 0.2) is 0 Å². The zero-order valence-electron chi connectivity index (χ0n) is 28.8. The number of benzene rings is 1. The highest BCUT2D eigenvalue weighted by molar-refractivity contribution is 5.67. The van der Waals surface area contributed by atoms with Crippen LogP contribution in [0.2, 0.25) is 0 Å². The Balaban J connectivity index is 1.63. The second-order valence-corrected chi connectivity index (χ2v) is 13.5. The second-order valence-electron chi connectivity index (χ2n) is 13.5. The molecular formula is C38H66N2O3. The van der Waals surface area contributed by atoms with E-state index in [4.69, 9.17) is 9.57 Å². The molecule has 1 saturated heterocycles. The van der Waals surface area contributed by atoms with Gasteiger partial charge in [-0.15, -0.1) is 0 Å². The van der Waals surface area contributed by atoms with Crippen LogP contribution in [0.25, 0.3) is 0 Å². The predicted molar refractivity (Wildman–Crippen MR) is 182 cm³/mol. The van der Waals surface area contributed by atoms with E-state index in [2.05, 4.69) is 88.3 Å². The molecule has 0 aromatic heterocycles. The van der Waals surface area contributed by atoms with Crippen molar-refractivity contribution >= 4 is 6.09 Å². The first-order valence-electron chi connectivity index (χ1n) is 17.9. The number of hydroxylamine groups is 2. The van der Waals surface area contributed by atoms with E-state index in [1.807, 2.05) is 6.07 Å². The van der Waals surface area contributed by atoms with Gasteiger partial charge in [0.2, 0.25) is 0 Å². The zero-order valence-corrected chi connectivity index (χ0v) is 28.8. The fourth-order valence-electron chi connectivity index (χ4n) is 6.78. The van der Waals surface area contributed by atoms with Crippen LogP contribution in [-0.2, 0) is 9.57 Å². The summed E-state index contributed by atoms with van der Waals surface area (Å²) >= 11 is 0. The SMILES string of the molecule is CCCCCCCCCCCCCCCC=CCNC(=O)OC1CC(C)(C)N(OC(C)c2ccccc2)C(CC)(CC)C1. The Morgan fingerprint density at radius 3 is 1.98 bits per heavy atom. The largest absolute Gasteiger partial charge is 0.446 e. The highest BCUT2D eigenvalue weighted by Gasteiger charge is 2.51. The maximum atomic E-state index is 12.7. The molecular weight excluding hydrogens is 532 g/mol. The van der Waals surface area contributed by atoms with Gasteiger partial charge in [-0.1, -0.05) is 140 Å². The number of piperidine rings is 1. The van der Waals surface area contributed by atoms with Crippen LogP contribution in [-0.4, -0.2) is 34.9 Å². The van der Waals surface area contributed by atoms with E-state index in [9.17, 15) is 4.79 Å². The summed E-state index contributed by atoms with van der Waals surface area (Å²) < 4.78 is 5.99. The monoisotopic (exact) mass is 599 g/mol. The van der Waals surface area contributed by atoms with Crippen molar-refractivity contribution in [1.82, 2.24) is 10.4 Å². The average molecular weight is 599 g/mol. The number of allylic oxidation sites excluding steroid dienone is 1. The number of ether oxygens (including phenoxy) is 1. The summed E-state index contributed by atoms with van der Waals surface area (Å²) in [7, 11) is 0. The van der Waals surface area contributed by atoms with Gasteiger partial charge < -0.3 is 10.1 Å². The van der Waals surface area contributed by atoms with Crippen LogP contribution in [0.3, 0.4) is 0 Å². The van der Waals surface area contributed by atoms with Crippen molar-refractivity contribution in [2.24, 2.45) is 0 Å².